The van der Waals surface area contributed by atoms with Crippen LogP contribution in [0.25, 0.3) is 16.7 Å². The number of oxazole rings is 1. The van der Waals surface area contributed by atoms with E-state index in [9.17, 15) is 0 Å². The average Bonchev–Trinajstić information content (AvgIpc) is 3.02. The van der Waals surface area contributed by atoms with Crippen LogP contribution in [0.4, 0.5) is 0 Å². The second-order valence-corrected chi connectivity index (χ2v) is 6.14. The Hall–Kier alpha value is -2.39. The maximum atomic E-state index is 5.94. The van der Waals surface area contributed by atoms with E-state index in [4.69, 9.17) is 9.40 Å². The topological polar surface area (TPSA) is 29.3 Å². The van der Waals surface area contributed by atoms with Crippen LogP contribution in [-0.2, 0) is 6.54 Å². The van der Waals surface area contributed by atoms with Crippen molar-refractivity contribution < 1.29 is 4.42 Å². The number of hydrogen-bond acceptors (Lipinski definition) is 3. The highest BCUT2D eigenvalue weighted by atomic mass is 16.3. The maximum Gasteiger partial charge on any atom is 0.223 e. The van der Waals surface area contributed by atoms with Gasteiger partial charge in [0.2, 0.25) is 5.89 Å². The molecule has 0 atom stereocenters. The van der Waals surface area contributed by atoms with E-state index in [2.05, 4.69) is 54.3 Å². The SMILES string of the molecule is Cc1cccc2oc(C3=CCN(Cc4ccccc4)CC3)nc12. The van der Waals surface area contributed by atoms with Crippen molar-refractivity contribution in [1.82, 2.24) is 9.88 Å². The molecule has 0 saturated heterocycles. The summed E-state index contributed by atoms with van der Waals surface area (Å²) in [4.78, 5) is 7.14. The van der Waals surface area contributed by atoms with E-state index in [1.165, 1.54) is 16.7 Å². The van der Waals surface area contributed by atoms with E-state index in [-0.39, 0.29) is 0 Å². The van der Waals surface area contributed by atoms with Crippen LogP contribution < -0.4 is 0 Å². The number of nitrogens with zero attached hydrogens (tertiary/aromatic N) is 2. The highest BCUT2D eigenvalue weighted by Crippen LogP contribution is 2.27. The maximum absolute atomic E-state index is 5.94. The number of hydrogen-bond donors (Lipinski definition) is 0. The molecular weight excluding hydrogens is 284 g/mol. The third-order valence-electron chi connectivity index (χ3n) is 4.44. The molecule has 3 heteroatoms. The standard InChI is InChI=1S/C20H20N2O/c1-15-6-5-9-18-19(15)21-20(23-18)17-10-12-22(13-11-17)14-16-7-3-2-4-8-16/h2-10H,11-14H2,1H3. The first-order chi connectivity index (χ1) is 11.3. The lowest BCUT2D eigenvalue weighted by atomic mass is 10.1. The predicted octanol–water partition coefficient (Wildman–Crippen LogP) is 4.43. The van der Waals surface area contributed by atoms with Gasteiger partial charge >= 0.3 is 0 Å². The molecule has 1 aliphatic rings. The summed E-state index contributed by atoms with van der Waals surface area (Å²) in [6.07, 6.45) is 3.24. The monoisotopic (exact) mass is 304 g/mol. The van der Waals surface area contributed by atoms with Crippen molar-refractivity contribution in [2.45, 2.75) is 19.9 Å². The van der Waals surface area contributed by atoms with Gasteiger partial charge in [0.1, 0.15) is 5.52 Å². The largest absolute Gasteiger partial charge is 0.436 e. The predicted molar refractivity (Wildman–Crippen MR) is 93.1 cm³/mol. The molecule has 3 nitrogen and oxygen atoms in total. The summed E-state index contributed by atoms with van der Waals surface area (Å²) in [6.45, 7) is 5.06. The Bertz CT molecular complexity index is 848. The molecule has 0 radical (unpaired) electrons. The van der Waals surface area contributed by atoms with E-state index in [1.54, 1.807) is 0 Å². The number of para-hydroxylation sites is 1. The fourth-order valence-corrected chi connectivity index (χ4v) is 3.11. The molecule has 3 aromatic rings. The second-order valence-electron chi connectivity index (χ2n) is 6.14. The van der Waals surface area contributed by atoms with Crippen molar-refractivity contribution in [2.75, 3.05) is 13.1 Å². The van der Waals surface area contributed by atoms with Crippen molar-refractivity contribution in [2.24, 2.45) is 0 Å². The molecule has 0 amide bonds. The first-order valence-corrected chi connectivity index (χ1v) is 8.11. The minimum atomic E-state index is 0.786. The molecule has 0 aliphatic carbocycles. The molecule has 2 aromatic carbocycles. The van der Waals surface area contributed by atoms with Gasteiger partial charge in [-0.1, -0.05) is 48.5 Å². The van der Waals surface area contributed by atoms with Gasteiger partial charge in [-0.3, -0.25) is 4.90 Å². The van der Waals surface area contributed by atoms with E-state index in [0.29, 0.717) is 0 Å². The van der Waals surface area contributed by atoms with Gasteiger partial charge in [-0.15, -0.1) is 0 Å². The van der Waals surface area contributed by atoms with Crippen molar-refractivity contribution in [3.63, 3.8) is 0 Å². The molecule has 1 aliphatic heterocycles. The summed E-state index contributed by atoms with van der Waals surface area (Å²) < 4.78 is 5.94. The van der Waals surface area contributed by atoms with Gasteiger partial charge < -0.3 is 4.42 Å². The van der Waals surface area contributed by atoms with Gasteiger partial charge in [0.05, 0.1) is 0 Å². The fraction of sp³-hybridized carbons (Fsp3) is 0.250. The van der Waals surface area contributed by atoms with E-state index < -0.39 is 0 Å². The summed E-state index contributed by atoms with van der Waals surface area (Å²) >= 11 is 0. The van der Waals surface area contributed by atoms with Crippen LogP contribution in [0.5, 0.6) is 0 Å². The number of aromatic nitrogens is 1. The number of rotatable bonds is 3. The van der Waals surface area contributed by atoms with Crippen LogP contribution in [0.15, 0.2) is 59.0 Å². The molecule has 2 heterocycles. The summed E-state index contributed by atoms with van der Waals surface area (Å²) in [5.74, 6) is 0.786. The van der Waals surface area contributed by atoms with E-state index >= 15 is 0 Å². The molecule has 0 saturated carbocycles. The smallest absolute Gasteiger partial charge is 0.223 e. The molecule has 0 fully saturated rings. The molecular formula is C20H20N2O. The van der Waals surface area contributed by atoms with Crippen LogP contribution >= 0.6 is 0 Å². The molecule has 1 aromatic heterocycles. The summed E-state index contributed by atoms with van der Waals surface area (Å²) in [5.41, 5.74) is 5.62. The average molecular weight is 304 g/mol. The second kappa shape index (κ2) is 6.01. The molecule has 0 unspecified atom stereocenters. The number of aryl methyl sites for hydroxylation is 1. The quantitative estimate of drug-likeness (QED) is 0.717. The molecule has 0 N–H and O–H groups in total. The third kappa shape index (κ3) is 2.92. The molecule has 23 heavy (non-hydrogen) atoms. The first kappa shape index (κ1) is 14.2. The number of fused-ring (bicyclic) bond motifs is 1. The Morgan fingerprint density at radius 2 is 1.96 bits per heavy atom. The zero-order chi connectivity index (χ0) is 15.6. The minimum Gasteiger partial charge on any atom is -0.436 e. The fourth-order valence-electron chi connectivity index (χ4n) is 3.11. The molecule has 0 bridgehead atoms. The van der Waals surface area contributed by atoms with Crippen LogP contribution in [0.3, 0.4) is 0 Å². The van der Waals surface area contributed by atoms with Gasteiger partial charge in [0.25, 0.3) is 0 Å². The van der Waals surface area contributed by atoms with Crippen molar-refractivity contribution in [1.29, 1.82) is 0 Å². The summed E-state index contributed by atoms with van der Waals surface area (Å²) in [5, 5.41) is 0. The van der Waals surface area contributed by atoms with Crippen LogP contribution in [0.1, 0.15) is 23.4 Å². The highest BCUT2D eigenvalue weighted by Gasteiger charge is 2.17. The zero-order valence-corrected chi connectivity index (χ0v) is 13.3. The van der Waals surface area contributed by atoms with Crippen LogP contribution in [-0.4, -0.2) is 23.0 Å². The lowest BCUT2D eigenvalue weighted by Gasteiger charge is -2.25. The van der Waals surface area contributed by atoms with Gasteiger partial charge in [0.15, 0.2) is 5.58 Å². The van der Waals surface area contributed by atoms with Crippen LogP contribution in [0, 0.1) is 6.92 Å². The summed E-state index contributed by atoms with van der Waals surface area (Å²) in [6, 6.07) is 16.7. The van der Waals surface area contributed by atoms with Crippen molar-refractivity contribution in [3.8, 4) is 0 Å². The third-order valence-corrected chi connectivity index (χ3v) is 4.44. The van der Waals surface area contributed by atoms with E-state index in [0.717, 1.165) is 43.0 Å². The minimum absolute atomic E-state index is 0.786. The molecule has 0 spiro atoms. The lowest BCUT2D eigenvalue weighted by Crippen LogP contribution is -2.28. The normalized spacial score (nSPS) is 15.8. The zero-order valence-electron chi connectivity index (χ0n) is 13.3. The van der Waals surface area contributed by atoms with Gasteiger partial charge in [-0.25, -0.2) is 4.98 Å². The Morgan fingerprint density at radius 3 is 2.70 bits per heavy atom. The van der Waals surface area contributed by atoms with Gasteiger partial charge in [-0.2, -0.15) is 0 Å². The summed E-state index contributed by atoms with van der Waals surface area (Å²) in [7, 11) is 0. The van der Waals surface area contributed by atoms with Crippen molar-refractivity contribution >= 4 is 16.7 Å². The van der Waals surface area contributed by atoms with Gasteiger partial charge in [0, 0.05) is 25.2 Å². The lowest BCUT2D eigenvalue weighted by molar-refractivity contribution is 0.292. The first-order valence-electron chi connectivity index (χ1n) is 8.11. The number of benzene rings is 2. The Kier molecular flexibility index (Phi) is 3.72. The Balaban J connectivity index is 1.51. The Morgan fingerprint density at radius 1 is 1.09 bits per heavy atom. The van der Waals surface area contributed by atoms with E-state index in [1.807, 2.05) is 12.1 Å². The van der Waals surface area contributed by atoms with Gasteiger partial charge in [-0.05, 0) is 30.5 Å². The Labute approximate surface area is 136 Å². The molecule has 4 rings (SSSR count). The van der Waals surface area contributed by atoms with Crippen molar-refractivity contribution in [3.05, 3.63) is 71.6 Å². The highest BCUT2D eigenvalue weighted by molar-refractivity contribution is 5.79. The molecule has 116 valence electrons. The van der Waals surface area contributed by atoms with Crippen LogP contribution in [0.2, 0.25) is 0 Å².